The maximum atomic E-state index is 14.4. The summed E-state index contributed by atoms with van der Waals surface area (Å²) in [5, 5.41) is 15.4. The van der Waals surface area contributed by atoms with Crippen LogP contribution in [-0.4, -0.2) is 30.8 Å². The third kappa shape index (κ3) is 9.02. The zero-order valence-electron chi connectivity index (χ0n) is 29.1. The van der Waals surface area contributed by atoms with Crippen LogP contribution in [0.1, 0.15) is 54.4 Å². The summed E-state index contributed by atoms with van der Waals surface area (Å²) in [5.41, 5.74) is 2.07. The van der Waals surface area contributed by atoms with Crippen LogP contribution < -0.4 is 16.0 Å². The molecule has 53 heavy (non-hydrogen) atoms. The Morgan fingerprint density at radius 3 is 1.38 bits per heavy atom. The van der Waals surface area contributed by atoms with Gasteiger partial charge in [-0.3, -0.25) is 14.4 Å². The molecule has 270 valence electrons. The third-order valence-electron chi connectivity index (χ3n) is 9.54. The second-order valence-electron chi connectivity index (χ2n) is 13.0. The van der Waals surface area contributed by atoms with Gasteiger partial charge in [-0.1, -0.05) is 120 Å². The molecule has 0 saturated heterocycles. The summed E-state index contributed by atoms with van der Waals surface area (Å²) in [4.78, 5) is 39.7. The monoisotopic (exact) mass is 763 g/mol. The molecule has 9 heteroatoms. The zero-order valence-corrected chi connectivity index (χ0v) is 31.4. The predicted molar refractivity (Wildman–Crippen MR) is 217 cm³/mol. The van der Waals surface area contributed by atoms with Crippen molar-refractivity contribution < 1.29 is 14.4 Å². The first-order chi connectivity index (χ1) is 25.8. The Balaban J connectivity index is 0.985. The van der Waals surface area contributed by atoms with Gasteiger partial charge in [0.1, 0.15) is 5.41 Å². The summed E-state index contributed by atoms with van der Waals surface area (Å²) in [6, 6.07) is 40.3. The van der Waals surface area contributed by atoms with Gasteiger partial charge in [0.2, 0.25) is 17.7 Å². The molecule has 3 amide bonds. The van der Waals surface area contributed by atoms with E-state index in [1.165, 1.54) is 0 Å². The highest BCUT2D eigenvalue weighted by Gasteiger charge is 2.43. The van der Waals surface area contributed by atoms with Gasteiger partial charge < -0.3 is 16.0 Å². The Morgan fingerprint density at radius 1 is 0.491 bits per heavy atom. The molecule has 6 rings (SSSR count). The minimum absolute atomic E-state index is 0.0370. The van der Waals surface area contributed by atoms with Crippen molar-refractivity contribution in [2.45, 2.75) is 44.1 Å². The molecular weight excluding hydrogens is 725 g/mol. The Hall–Kier alpha value is -4.88. The molecule has 0 unspecified atom stereocenters. The molecule has 0 aromatic heterocycles. The van der Waals surface area contributed by atoms with Gasteiger partial charge in [-0.2, -0.15) is 0 Å². The molecule has 0 aliphatic rings. The molecule has 0 atom stereocenters. The van der Waals surface area contributed by atoms with E-state index in [-0.39, 0.29) is 17.7 Å². The van der Waals surface area contributed by atoms with E-state index in [0.29, 0.717) is 66.8 Å². The van der Waals surface area contributed by atoms with Crippen LogP contribution in [0.2, 0.25) is 15.1 Å². The fraction of sp³-hybridized carbons (Fsp3) is 0.205. The average Bonchev–Trinajstić information content (AvgIpc) is 3.17. The van der Waals surface area contributed by atoms with Crippen molar-refractivity contribution in [2.75, 3.05) is 13.1 Å². The standard InChI is InChI=1S/C44H40Cl3N3O3/c45-35-20-14-32(15-21-35)44(33-16-22-36(46)23-17-33,34-18-24-37(47)25-19-34)43(53)49-27-7-26-48-41(51)12-5-6-13-42(52)50-29-40-38-10-3-1-8-30(38)28-31-9-2-4-11-39(31)40/h1-4,8-11,14-25,28H,5-7,12-13,26-27,29H2,(H,48,51)(H,49,53)(H,50,52). The highest BCUT2D eigenvalue weighted by atomic mass is 35.5. The molecule has 6 nitrogen and oxygen atoms in total. The molecule has 6 aromatic rings. The number of carbonyl (C=O) groups is 3. The van der Waals surface area contributed by atoms with E-state index in [0.717, 1.165) is 43.8 Å². The average molecular weight is 765 g/mol. The largest absolute Gasteiger partial charge is 0.356 e. The zero-order chi connectivity index (χ0) is 37.2. The van der Waals surface area contributed by atoms with Crippen LogP contribution in [0.3, 0.4) is 0 Å². The van der Waals surface area contributed by atoms with Crippen LogP contribution in [0.5, 0.6) is 0 Å². The smallest absolute Gasteiger partial charge is 0.239 e. The Labute approximate surface area is 324 Å². The second kappa shape index (κ2) is 17.8. The number of halogens is 3. The normalized spacial score (nSPS) is 11.4. The molecule has 3 N–H and O–H groups in total. The van der Waals surface area contributed by atoms with Gasteiger partial charge in [-0.25, -0.2) is 0 Å². The lowest BCUT2D eigenvalue weighted by atomic mass is 9.68. The minimum Gasteiger partial charge on any atom is -0.356 e. The number of nitrogens with one attached hydrogen (secondary N) is 3. The summed E-state index contributed by atoms with van der Waals surface area (Å²) in [5.74, 6) is -0.357. The molecule has 0 radical (unpaired) electrons. The van der Waals surface area contributed by atoms with Crippen molar-refractivity contribution in [2.24, 2.45) is 0 Å². The summed E-state index contributed by atoms with van der Waals surface area (Å²) in [7, 11) is 0. The number of amides is 3. The number of carbonyl (C=O) groups excluding carboxylic acids is 3. The minimum atomic E-state index is -1.22. The van der Waals surface area contributed by atoms with Crippen molar-refractivity contribution in [3.05, 3.63) is 165 Å². The van der Waals surface area contributed by atoms with Gasteiger partial charge in [0.15, 0.2) is 0 Å². The van der Waals surface area contributed by atoms with E-state index in [1.807, 2.05) is 60.7 Å². The van der Waals surface area contributed by atoms with E-state index < -0.39 is 5.41 Å². The third-order valence-corrected chi connectivity index (χ3v) is 10.3. The highest BCUT2D eigenvalue weighted by Crippen LogP contribution is 2.41. The Morgan fingerprint density at radius 2 is 0.906 bits per heavy atom. The fourth-order valence-corrected chi connectivity index (χ4v) is 7.25. The van der Waals surface area contributed by atoms with Crippen molar-refractivity contribution in [3.63, 3.8) is 0 Å². The number of rotatable bonds is 15. The van der Waals surface area contributed by atoms with E-state index in [1.54, 1.807) is 36.4 Å². The van der Waals surface area contributed by atoms with Gasteiger partial charge >= 0.3 is 0 Å². The van der Waals surface area contributed by atoms with Crippen LogP contribution in [0.4, 0.5) is 0 Å². The van der Waals surface area contributed by atoms with Crippen LogP contribution in [0.15, 0.2) is 127 Å². The summed E-state index contributed by atoms with van der Waals surface area (Å²) in [6.07, 6.45) is 2.40. The molecular formula is C44H40Cl3N3O3. The lowest BCUT2D eigenvalue weighted by Gasteiger charge is -2.34. The summed E-state index contributed by atoms with van der Waals surface area (Å²) in [6.45, 7) is 1.17. The Bertz CT molecular complexity index is 2040. The fourth-order valence-electron chi connectivity index (χ4n) is 6.88. The highest BCUT2D eigenvalue weighted by molar-refractivity contribution is 6.31. The molecule has 0 saturated carbocycles. The first-order valence-electron chi connectivity index (χ1n) is 17.7. The molecule has 0 aliphatic heterocycles. The van der Waals surface area contributed by atoms with Crippen LogP contribution in [0, 0.1) is 0 Å². The van der Waals surface area contributed by atoms with E-state index in [4.69, 9.17) is 34.8 Å². The number of hydrogen-bond acceptors (Lipinski definition) is 3. The number of fused-ring (bicyclic) bond motifs is 2. The van der Waals surface area contributed by atoms with Gasteiger partial charge in [-0.05, 0) is 106 Å². The van der Waals surface area contributed by atoms with Crippen molar-refractivity contribution >= 4 is 74.1 Å². The number of hydrogen-bond donors (Lipinski definition) is 3. The maximum Gasteiger partial charge on any atom is 0.239 e. The summed E-state index contributed by atoms with van der Waals surface area (Å²) < 4.78 is 0. The van der Waals surface area contributed by atoms with E-state index in [2.05, 4.69) is 46.3 Å². The van der Waals surface area contributed by atoms with Crippen molar-refractivity contribution in [1.82, 2.24) is 16.0 Å². The number of unbranched alkanes of at least 4 members (excludes halogenated alkanes) is 1. The van der Waals surface area contributed by atoms with E-state index >= 15 is 0 Å². The number of benzene rings is 6. The first kappa shape index (κ1) is 37.9. The topological polar surface area (TPSA) is 87.3 Å². The quantitative estimate of drug-likeness (QED) is 0.0553. The van der Waals surface area contributed by atoms with Crippen LogP contribution in [-0.2, 0) is 26.3 Å². The maximum absolute atomic E-state index is 14.4. The lowest BCUT2D eigenvalue weighted by Crippen LogP contribution is -2.47. The molecule has 0 heterocycles. The molecule has 0 spiro atoms. The van der Waals surface area contributed by atoms with Gasteiger partial charge in [-0.15, -0.1) is 0 Å². The molecule has 6 aromatic carbocycles. The van der Waals surface area contributed by atoms with Gasteiger partial charge in [0.05, 0.1) is 0 Å². The predicted octanol–water partition coefficient (Wildman–Crippen LogP) is 9.79. The van der Waals surface area contributed by atoms with Crippen molar-refractivity contribution in [1.29, 1.82) is 0 Å². The molecule has 0 bridgehead atoms. The van der Waals surface area contributed by atoms with E-state index in [9.17, 15) is 14.4 Å². The second-order valence-corrected chi connectivity index (χ2v) is 14.3. The first-order valence-corrected chi connectivity index (χ1v) is 18.9. The van der Waals surface area contributed by atoms with Crippen LogP contribution in [0.25, 0.3) is 21.5 Å². The van der Waals surface area contributed by atoms with Gasteiger partial charge in [0.25, 0.3) is 0 Å². The summed E-state index contributed by atoms with van der Waals surface area (Å²) >= 11 is 18.8. The Kier molecular flexibility index (Phi) is 12.7. The molecule has 0 fully saturated rings. The SMILES string of the molecule is O=C(CCCCC(=O)NCc1c2ccccc2cc2ccccc12)NCCCNC(=O)C(c1ccc(Cl)cc1)(c1ccc(Cl)cc1)c1ccc(Cl)cc1. The van der Waals surface area contributed by atoms with Crippen LogP contribution >= 0.6 is 34.8 Å². The molecule has 0 aliphatic carbocycles. The lowest BCUT2D eigenvalue weighted by molar-refractivity contribution is -0.124. The van der Waals surface area contributed by atoms with Crippen molar-refractivity contribution in [3.8, 4) is 0 Å². The van der Waals surface area contributed by atoms with Gasteiger partial charge in [0, 0.05) is 47.5 Å².